The first-order valence-electron chi connectivity index (χ1n) is 10.8. The molecule has 0 amide bonds. The van der Waals surface area contributed by atoms with E-state index < -0.39 is 0 Å². The van der Waals surface area contributed by atoms with Gasteiger partial charge in [-0.3, -0.25) is 4.90 Å². The van der Waals surface area contributed by atoms with Crippen LogP contribution in [0.15, 0.2) is 4.99 Å². The Morgan fingerprint density at radius 2 is 1.97 bits per heavy atom. The summed E-state index contributed by atoms with van der Waals surface area (Å²) >= 11 is 0. The number of guanidine groups is 1. The van der Waals surface area contributed by atoms with E-state index in [1.54, 1.807) is 0 Å². The molecule has 9 heteroatoms. The first kappa shape index (κ1) is 26.1. The molecule has 1 saturated heterocycles. The van der Waals surface area contributed by atoms with Gasteiger partial charge in [-0.2, -0.15) is 0 Å². The van der Waals surface area contributed by atoms with E-state index in [4.69, 9.17) is 9.73 Å². The first-order chi connectivity index (χ1) is 13.6. The van der Waals surface area contributed by atoms with Crippen molar-refractivity contribution in [2.24, 2.45) is 12.0 Å². The molecule has 1 aromatic rings. The number of hydrogen-bond donors (Lipinski definition) is 2. The van der Waals surface area contributed by atoms with Crippen LogP contribution >= 0.6 is 24.0 Å². The van der Waals surface area contributed by atoms with Gasteiger partial charge in [-0.15, -0.1) is 34.2 Å². The zero-order chi connectivity index (χ0) is 20.2. The molecule has 1 aliphatic rings. The summed E-state index contributed by atoms with van der Waals surface area (Å²) in [6.07, 6.45) is 6.03. The molecule has 1 fully saturated rings. The number of unbranched alkanes of at least 4 members (excludes halogenated alkanes) is 2. The molecule has 2 rings (SSSR count). The number of morpholine rings is 1. The van der Waals surface area contributed by atoms with Crippen molar-refractivity contribution >= 4 is 29.9 Å². The van der Waals surface area contributed by atoms with Gasteiger partial charge in [0.25, 0.3) is 0 Å². The number of aliphatic imine (C=N–C) groups is 1. The zero-order valence-electron chi connectivity index (χ0n) is 18.6. The van der Waals surface area contributed by atoms with E-state index in [0.717, 1.165) is 69.8 Å². The van der Waals surface area contributed by atoms with Crippen LogP contribution in [0.5, 0.6) is 0 Å². The molecule has 0 aromatic carbocycles. The number of aromatic nitrogens is 3. The molecule has 1 unspecified atom stereocenters. The van der Waals surface area contributed by atoms with Crippen molar-refractivity contribution in [2.75, 3.05) is 39.4 Å². The van der Waals surface area contributed by atoms with Gasteiger partial charge in [-0.25, -0.2) is 4.99 Å². The van der Waals surface area contributed by atoms with E-state index in [1.165, 1.54) is 19.3 Å². The Labute approximate surface area is 193 Å². The fourth-order valence-corrected chi connectivity index (χ4v) is 3.23. The minimum Gasteiger partial charge on any atom is -0.379 e. The second-order valence-corrected chi connectivity index (χ2v) is 7.66. The van der Waals surface area contributed by atoms with Crippen molar-refractivity contribution in [2.45, 2.75) is 65.5 Å². The normalized spacial score (nSPS) is 16.3. The lowest BCUT2D eigenvalue weighted by molar-refractivity contribution is 0.0376. The highest BCUT2D eigenvalue weighted by atomic mass is 127. The topological polar surface area (TPSA) is 79.6 Å². The van der Waals surface area contributed by atoms with Crippen molar-refractivity contribution in [1.29, 1.82) is 0 Å². The van der Waals surface area contributed by atoms with Crippen LogP contribution in [0.1, 0.15) is 57.6 Å². The maximum absolute atomic E-state index is 5.41. The Hall–Kier alpha value is -0.940. The highest BCUT2D eigenvalue weighted by Gasteiger charge is 2.11. The number of rotatable bonds is 11. The van der Waals surface area contributed by atoms with Crippen LogP contribution in [0.3, 0.4) is 0 Å². The third-order valence-corrected chi connectivity index (χ3v) is 5.23. The lowest BCUT2D eigenvalue weighted by Gasteiger charge is -2.26. The molecule has 8 nitrogen and oxygen atoms in total. The molecule has 0 radical (unpaired) electrons. The van der Waals surface area contributed by atoms with Crippen LogP contribution in [0.25, 0.3) is 0 Å². The van der Waals surface area contributed by atoms with Crippen molar-refractivity contribution < 1.29 is 4.74 Å². The predicted molar refractivity (Wildman–Crippen MR) is 129 cm³/mol. The van der Waals surface area contributed by atoms with Gasteiger partial charge < -0.3 is 19.9 Å². The van der Waals surface area contributed by atoms with Crippen molar-refractivity contribution in [3.63, 3.8) is 0 Å². The van der Waals surface area contributed by atoms with Gasteiger partial charge in [0.2, 0.25) is 0 Å². The molecule has 2 N–H and O–H groups in total. The Morgan fingerprint density at radius 1 is 1.21 bits per heavy atom. The lowest BCUT2D eigenvalue weighted by Crippen LogP contribution is -2.43. The Kier molecular flexibility index (Phi) is 13.5. The zero-order valence-corrected chi connectivity index (χ0v) is 20.9. The van der Waals surface area contributed by atoms with Gasteiger partial charge >= 0.3 is 0 Å². The van der Waals surface area contributed by atoms with Gasteiger partial charge in [-0.05, 0) is 33.2 Å². The monoisotopic (exact) mass is 521 g/mol. The molecule has 0 saturated carbocycles. The average molecular weight is 521 g/mol. The average Bonchev–Trinajstić information content (AvgIpc) is 3.02. The number of nitrogens with one attached hydrogen (secondary N) is 2. The molecule has 1 atom stereocenters. The summed E-state index contributed by atoms with van der Waals surface area (Å²) in [5.41, 5.74) is 0. The molecule has 29 heavy (non-hydrogen) atoms. The summed E-state index contributed by atoms with van der Waals surface area (Å²) in [6, 6.07) is 0.401. The summed E-state index contributed by atoms with van der Waals surface area (Å²) in [5, 5.41) is 15.4. The van der Waals surface area contributed by atoms with E-state index in [1.807, 2.05) is 18.5 Å². The molecule has 1 aromatic heterocycles. The molecule has 0 bridgehead atoms. The minimum absolute atomic E-state index is 0. The molecular weight excluding hydrogens is 481 g/mol. The molecule has 2 heterocycles. The summed E-state index contributed by atoms with van der Waals surface area (Å²) in [7, 11) is 1.98. The Balaban J connectivity index is 0.00000420. The highest BCUT2D eigenvalue weighted by Crippen LogP contribution is 2.04. The quantitative estimate of drug-likeness (QED) is 0.202. The van der Waals surface area contributed by atoms with Crippen LogP contribution in [0.4, 0.5) is 0 Å². The van der Waals surface area contributed by atoms with Crippen molar-refractivity contribution in [3.8, 4) is 0 Å². The number of aryl methyl sites for hydroxylation is 1. The SMILES string of the molecule is CCCCCC(C)NC(=NCc1nnc(C)n1C)NCCCN1CCOCC1.I. The standard InChI is InChI=1S/C20H39N7O.HI/c1-5-6-7-9-17(2)23-20(22-16-19-25-24-18(3)26(19)4)21-10-8-11-27-12-14-28-15-13-27;/h17H,5-16H2,1-4H3,(H2,21,22,23);1H. The van der Waals surface area contributed by atoms with Crippen LogP contribution in [-0.4, -0.2) is 71.1 Å². The second-order valence-electron chi connectivity index (χ2n) is 7.66. The Bertz CT molecular complexity index is 587. The number of nitrogens with zero attached hydrogens (tertiary/aromatic N) is 5. The smallest absolute Gasteiger partial charge is 0.191 e. The van der Waals surface area contributed by atoms with E-state index >= 15 is 0 Å². The molecule has 168 valence electrons. The van der Waals surface area contributed by atoms with Crippen LogP contribution < -0.4 is 10.6 Å². The minimum atomic E-state index is 0. The molecular formula is C20H40IN7O. The Morgan fingerprint density at radius 3 is 2.62 bits per heavy atom. The van der Waals surface area contributed by atoms with Gasteiger partial charge in [0.15, 0.2) is 11.8 Å². The lowest BCUT2D eigenvalue weighted by atomic mass is 10.1. The predicted octanol–water partition coefficient (Wildman–Crippen LogP) is 2.47. The highest BCUT2D eigenvalue weighted by molar-refractivity contribution is 14.0. The largest absolute Gasteiger partial charge is 0.379 e. The molecule has 0 spiro atoms. The summed E-state index contributed by atoms with van der Waals surface area (Å²) in [6.45, 7) is 12.7. The van der Waals surface area contributed by atoms with Crippen molar-refractivity contribution in [3.05, 3.63) is 11.6 Å². The maximum Gasteiger partial charge on any atom is 0.191 e. The number of ether oxygens (including phenoxy) is 1. The van der Waals surface area contributed by atoms with E-state index in [9.17, 15) is 0 Å². The van der Waals surface area contributed by atoms with Gasteiger partial charge in [-0.1, -0.05) is 26.2 Å². The summed E-state index contributed by atoms with van der Waals surface area (Å²) < 4.78 is 7.40. The molecule has 0 aliphatic carbocycles. The van der Waals surface area contributed by atoms with Gasteiger partial charge in [0, 0.05) is 32.7 Å². The van der Waals surface area contributed by atoms with Crippen molar-refractivity contribution in [1.82, 2.24) is 30.3 Å². The number of halogens is 1. The van der Waals surface area contributed by atoms with Crippen LogP contribution in [-0.2, 0) is 18.3 Å². The fourth-order valence-electron chi connectivity index (χ4n) is 3.23. The fraction of sp³-hybridized carbons (Fsp3) is 0.850. The van der Waals surface area contributed by atoms with E-state index in [-0.39, 0.29) is 24.0 Å². The second kappa shape index (κ2) is 15.0. The van der Waals surface area contributed by atoms with E-state index in [2.05, 4.69) is 39.6 Å². The third kappa shape index (κ3) is 10.1. The first-order valence-corrected chi connectivity index (χ1v) is 10.8. The van der Waals surface area contributed by atoms with Gasteiger partial charge in [0.05, 0.1) is 13.2 Å². The third-order valence-electron chi connectivity index (χ3n) is 5.23. The number of hydrogen-bond acceptors (Lipinski definition) is 5. The summed E-state index contributed by atoms with van der Waals surface area (Å²) in [5.74, 6) is 2.66. The van der Waals surface area contributed by atoms with Gasteiger partial charge in [0.1, 0.15) is 12.4 Å². The van der Waals surface area contributed by atoms with Crippen LogP contribution in [0.2, 0.25) is 0 Å². The van der Waals surface area contributed by atoms with E-state index in [0.29, 0.717) is 12.6 Å². The molecule has 1 aliphatic heterocycles. The maximum atomic E-state index is 5.41. The van der Waals surface area contributed by atoms with Crippen LogP contribution in [0, 0.1) is 6.92 Å². The summed E-state index contributed by atoms with van der Waals surface area (Å²) in [4.78, 5) is 7.22.